The molecule has 0 aromatic heterocycles. The molecule has 0 aromatic carbocycles. The molecule has 0 saturated heterocycles. The normalized spacial score (nSPS) is 11.3. The summed E-state index contributed by atoms with van der Waals surface area (Å²) in [6.45, 7) is 0. The molecule has 0 amide bonds. The van der Waals surface area contributed by atoms with Gasteiger partial charge in [0.2, 0.25) is 10.4 Å². The largest absolute Gasteiger partial charge is 3.00 e. The zero-order chi connectivity index (χ0) is 112. The van der Waals surface area contributed by atoms with Crippen molar-refractivity contribution in [3.8, 4) is 0 Å². The molecule has 0 bridgehead atoms. The minimum absolute atomic E-state index is 0. The van der Waals surface area contributed by atoms with Gasteiger partial charge in [0.1, 0.15) is 0 Å². The quantitative estimate of drug-likeness (QED) is 0.0608. The molecule has 128 heteroatoms. The van der Waals surface area contributed by atoms with Gasteiger partial charge in [-0.05, 0) is 0 Å². The van der Waals surface area contributed by atoms with Crippen molar-refractivity contribution in [1.82, 2.24) is 0 Å². The van der Waals surface area contributed by atoms with Gasteiger partial charge in [0.15, 0.2) is 0 Å². The topological polar surface area (TPSA) is 1890 Å². The van der Waals surface area contributed by atoms with E-state index in [4.69, 9.17) is 438 Å². The number of hydrogen-bond donors (Lipinski definition) is 41. The van der Waals surface area contributed by atoms with E-state index in [0.717, 1.165) is 0 Å². The zero-order valence-corrected chi connectivity index (χ0v) is 78.2. The minimum atomic E-state index is -5.17. The SMILES string of the molecule is O=S(=O)(O)O.O=S(=O)(O)O.O=S(=O)(O)O.O=S(=O)(O)O.O=S(=O)(O)O.O=S(=O)(O)O.O=S(=O)(O)O.O=S(=O)(O)O.O=S(=O)(O)O.O=S(=O)(O)O.O=S(=O)(O)O.O=S(=O)(O)O.O=S(=O)(O)O.O=S(=O)(O)O.O=S(=O)(O)O.O=S(=O)(O)O.O=S(=O)(O)O.O=S(=O)(O)O.O=S(=O)(O)O.O=S(=O)(O)O.O=S(=O)([O-])O.O=S(=O)([O-])[O-].O=S(=O)([O-])[O-].O=S(=O)([O-])[O-].O=S(=O)([O-])[O-].[Al+3].[Al+3].[Al+3]. The Hall–Kier alpha value is -1.65. The van der Waals surface area contributed by atoms with Crippen LogP contribution in [0.15, 0.2) is 0 Å². The third-order valence-corrected chi connectivity index (χ3v) is 0. The Morgan fingerprint density at radius 3 is 0.0859 bits per heavy atom. The van der Waals surface area contributed by atoms with Crippen molar-refractivity contribution >= 4 is 312 Å². The van der Waals surface area contributed by atoms with Gasteiger partial charge in [-0.1, -0.05) is 0 Å². The van der Waals surface area contributed by atoms with E-state index < -0.39 is 260 Å². The summed E-state index contributed by atoms with van der Waals surface area (Å²) in [6.07, 6.45) is 0. The Morgan fingerprint density at radius 1 is 0.0859 bits per heavy atom. The molecular weight excluding hydrogens is 2480 g/mol. The van der Waals surface area contributed by atoms with Crippen LogP contribution in [-0.4, -0.2) is 490 Å². The summed E-state index contributed by atoms with van der Waals surface area (Å²) in [6, 6.07) is 0. The molecule has 0 radical (unpaired) electrons. The summed E-state index contributed by atoms with van der Waals surface area (Å²) in [4.78, 5) is 0. The molecule has 0 atom stereocenters. The van der Waals surface area contributed by atoms with Crippen LogP contribution in [-0.2, 0) is 260 Å². The molecule has 0 fully saturated rings. The minimum Gasteiger partial charge on any atom is -0.759 e. The fourth-order valence-electron chi connectivity index (χ4n) is 0. The molecule has 41 N–H and O–H groups in total. The predicted octanol–water partition coefficient (Wildman–Crippen LogP) is -20.5. The van der Waals surface area contributed by atoms with E-state index in [1.54, 1.807) is 0 Å². The van der Waals surface area contributed by atoms with Crippen molar-refractivity contribution in [2.75, 3.05) is 0 Å². The standard InChI is InChI=1S/3Al.25H2O4S/c;;;25*1-5(2,3)4/h;;;25*(H2,1,2,3,4)/q3*+3;;;;;;;;;;;;;;;;;;;;;;;;;/p-9. The molecule has 0 rings (SSSR count). The Labute approximate surface area is 743 Å². The average molecular weight is 2520 g/mol. The van der Waals surface area contributed by atoms with Gasteiger partial charge in [-0.25, -0.2) is 8.42 Å². The summed E-state index contributed by atoms with van der Waals surface area (Å²) in [5.74, 6) is 0. The van der Waals surface area contributed by atoms with Gasteiger partial charge in [0, 0.05) is 41.6 Å². The van der Waals surface area contributed by atoms with Gasteiger partial charge in [-0.2, -0.15) is 168 Å². The maximum atomic E-state index is 8.74. The smallest absolute Gasteiger partial charge is 0.759 e. The van der Waals surface area contributed by atoms with Crippen LogP contribution >= 0.6 is 0 Å². The number of rotatable bonds is 0. The molecule has 0 aliphatic rings. The van der Waals surface area contributed by atoms with Crippen LogP contribution in [0.4, 0.5) is 0 Å². The monoisotopic (exact) mass is 2520 g/mol. The van der Waals surface area contributed by atoms with E-state index in [9.17, 15) is 0 Å². The van der Waals surface area contributed by atoms with Crippen LogP contribution in [0, 0.1) is 0 Å². The molecule has 0 unspecified atom stereocenters. The Morgan fingerprint density at radius 2 is 0.0859 bits per heavy atom. The first-order chi connectivity index (χ1) is 50.0. The molecule has 100 nitrogen and oxygen atoms in total. The van der Waals surface area contributed by atoms with Gasteiger partial charge < -0.3 is 41.0 Å². The molecule has 0 heterocycles. The third-order valence-electron chi connectivity index (χ3n) is 0. The molecule has 0 saturated carbocycles. The molecule has 128 heavy (non-hydrogen) atoms. The second-order valence-corrected chi connectivity index (χ2v) is 33.1. The fourth-order valence-corrected chi connectivity index (χ4v) is 0. The average Bonchev–Trinajstić information content (AvgIpc) is 3.03. The molecule has 0 aliphatic heterocycles. The third kappa shape index (κ3) is 693000. The fraction of sp³-hybridized carbons (Fsp3) is 0. The summed E-state index contributed by atoms with van der Waals surface area (Å²) >= 11 is 0. The van der Waals surface area contributed by atoms with Crippen molar-refractivity contribution in [1.29, 1.82) is 0 Å². The van der Waals surface area contributed by atoms with Crippen LogP contribution in [0.3, 0.4) is 0 Å². The van der Waals surface area contributed by atoms with E-state index in [-0.39, 0.29) is 52.1 Å². The summed E-state index contributed by atoms with van der Waals surface area (Å²) < 4.78 is 801. The van der Waals surface area contributed by atoms with Crippen molar-refractivity contribution < 1.29 is 438 Å². The predicted molar refractivity (Wildman–Crippen MR) is 355 cm³/mol. The van der Waals surface area contributed by atoms with Gasteiger partial charge in [-0.15, -0.1) is 0 Å². The van der Waals surface area contributed by atoms with Crippen molar-refractivity contribution in [3.63, 3.8) is 0 Å². The van der Waals surface area contributed by atoms with Crippen molar-refractivity contribution in [3.05, 3.63) is 0 Å². The second-order valence-electron chi connectivity index (χ2n) is 11.0. The maximum absolute atomic E-state index is 8.74. The summed E-state index contributed by atoms with van der Waals surface area (Å²) in [5.41, 5.74) is 0. The summed E-state index contributed by atoms with van der Waals surface area (Å²) in [7, 11) is -119. The summed E-state index contributed by atoms with van der Waals surface area (Å²) in [5, 5.41) is 0. The van der Waals surface area contributed by atoms with Crippen molar-refractivity contribution in [2.45, 2.75) is 0 Å². The first-order valence-electron chi connectivity index (χ1n) is 17.3. The van der Waals surface area contributed by atoms with E-state index in [0.29, 0.717) is 0 Å². The van der Waals surface area contributed by atoms with Gasteiger partial charge in [-0.3, -0.25) is 220 Å². The molecule has 0 aromatic rings. The van der Waals surface area contributed by atoms with Crippen LogP contribution < -0.4 is 0 Å². The maximum Gasteiger partial charge on any atom is 3.00 e. The molecular formula is H41Al3O100S25. The van der Waals surface area contributed by atoms with Crippen LogP contribution in [0.1, 0.15) is 0 Å². The molecule has 0 aliphatic carbocycles. The first kappa shape index (κ1) is 205. The zero-order valence-electron chi connectivity index (χ0n) is 54.4. The second kappa shape index (κ2) is 88.1. The molecule has 800 valence electrons. The van der Waals surface area contributed by atoms with E-state index in [1.807, 2.05) is 0 Å². The Kier molecular flexibility index (Phi) is 141. The van der Waals surface area contributed by atoms with Gasteiger partial charge in [0.05, 0.1) is 0 Å². The van der Waals surface area contributed by atoms with Gasteiger partial charge >= 0.3 is 260 Å². The van der Waals surface area contributed by atoms with E-state index in [1.165, 1.54) is 0 Å². The van der Waals surface area contributed by atoms with Crippen LogP contribution in [0.2, 0.25) is 0 Å². The van der Waals surface area contributed by atoms with Gasteiger partial charge in [0.25, 0.3) is 0 Å². The first-order valence-corrected chi connectivity index (χ1v) is 52.0. The molecule has 0 spiro atoms. The Balaban J connectivity index is -0.0000000313. The van der Waals surface area contributed by atoms with E-state index in [2.05, 4.69) is 0 Å². The van der Waals surface area contributed by atoms with Crippen molar-refractivity contribution in [2.24, 2.45) is 0 Å². The number of hydrogen-bond acceptors (Lipinski definition) is 59. The van der Waals surface area contributed by atoms with E-state index >= 15 is 0 Å². The van der Waals surface area contributed by atoms with Crippen LogP contribution in [0.25, 0.3) is 0 Å². The Bertz CT molecular complexity index is 3930. The van der Waals surface area contributed by atoms with Crippen LogP contribution in [0.5, 0.6) is 0 Å².